The Kier molecular flexibility index (Phi) is 5.47. The minimum atomic E-state index is -0.0625. The van der Waals surface area contributed by atoms with Crippen molar-refractivity contribution in [2.24, 2.45) is 11.1 Å². The van der Waals surface area contributed by atoms with Crippen molar-refractivity contribution in [3.8, 4) is 0 Å². The number of rotatable bonds is 5. The maximum atomic E-state index is 12.3. The maximum absolute atomic E-state index is 12.3. The molecule has 5 heteroatoms. The van der Waals surface area contributed by atoms with E-state index < -0.39 is 0 Å². The van der Waals surface area contributed by atoms with Crippen LogP contribution >= 0.6 is 0 Å². The summed E-state index contributed by atoms with van der Waals surface area (Å²) < 4.78 is 0. The Morgan fingerprint density at radius 3 is 2.89 bits per heavy atom. The number of amides is 1. The lowest BCUT2D eigenvalue weighted by Gasteiger charge is -2.24. The number of carbonyl (C=O) groups is 1. The molecule has 5 nitrogen and oxygen atoms in total. The second-order valence-electron chi connectivity index (χ2n) is 5.60. The van der Waals surface area contributed by atoms with E-state index in [1.165, 1.54) is 6.20 Å². The van der Waals surface area contributed by atoms with E-state index in [4.69, 9.17) is 5.73 Å². The Morgan fingerprint density at radius 1 is 1.56 bits per heavy atom. The van der Waals surface area contributed by atoms with Crippen LogP contribution < -0.4 is 16.4 Å². The Hall–Kier alpha value is -1.23. The molecule has 0 radical (unpaired) electrons. The molecule has 0 aromatic carbocycles. The highest BCUT2D eigenvalue weighted by Crippen LogP contribution is 2.30. The fourth-order valence-corrected chi connectivity index (χ4v) is 2.31. The molecule has 104 valence electrons. The number of nitrogens with two attached hydrogens (primary N) is 1. The van der Waals surface area contributed by atoms with E-state index in [0.717, 1.165) is 32.5 Å². The molecule has 0 spiro atoms. The van der Waals surface area contributed by atoms with Crippen molar-refractivity contribution in [2.45, 2.75) is 32.7 Å². The lowest BCUT2D eigenvalue weighted by Crippen LogP contribution is -2.46. The minimum absolute atomic E-state index is 0.0625. The van der Waals surface area contributed by atoms with Gasteiger partial charge in [0.1, 0.15) is 0 Å². The fourth-order valence-electron chi connectivity index (χ4n) is 2.31. The smallest absolute Gasteiger partial charge is 0.239 e. The van der Waals surface area contributed by atoms with E-state index in [0.29, 0.717) is 0 Å². The normalized spacial score (nSPS) is 24.3. The van der Waals surface area contributed by atoms with Gasteiger partial charge in [-0.05, 0) is 25.3 Å². The maximum Gasteiger partial charge on any atom is 0.239 e. The average molecular weight is 254 g/mol. The number of hydrogen-bond donors (Lipinski definition) is 3. The van der Waals surface area contributed by atoms with E-state index in [-0.39, 0.29) is 17.4 Å². The van der Waals surface area contributed by atoms with E-state index in [1.54, 1.807) is 6.20 Å². The van der Waals surface area contributed by atoms with Crippen molar-refractivity contribution in [2.75, 3.05) is 26.7 Å². The first-order valence-electron chi connectivity index (χ1n) is 6.56. The zero-order chi connectivity index (χ0) is 13.6. The summed E-state index contributed by atoms with van der Waals surface area (Å²) in [6.45, 7) is 6.73. The summed E-state index contributed by atoms with van der Waals surface area (Å²) in [5.74, 6) is 0.210. The van der Waals surface area contributed by atoms with Crippen molar-refractivity contribution < 1.29 is 4.79 Å². The minimum Gasteiger partial charge on any atom is -0.403 e. The van der Waals surface area contributed by atoms with Crippen LogP contribution in [0.5, 0.6) is 0 Å². The highest BCUT2D eigenvalue weighted by atomic mass is 16.2. The number of likely N-dealkylation sites (tertiary alicyclic amines) is 1. The van der Waals surface area contributed by atoms with E-state index in [2.05, 4.69) is 24.5 Å². The first-order chi connectivity index (χ1) is 8.50. The van der Waals surface area contributed by atoms with Crippen LogP contribution in [0.1, 0.15) is 26.7 Å². The van der Waals surface area contributed by atoms with Gasteiger partial charge >= 0.3 is 0 Å². The predicted octanol–water partition coefficient (Wildman–Crippen LogP) is 0.243. The summed E-state index contributed by atoms with van der Waals surface area (Å²) in [7, 11) is 1.86. The van der Waals surface area contributed by atoms with E-state index in [9.17, 15) is 4.79 Å². The second kappa shape index (κ2) is 6.64. The Labute approximate surface area is 110 Å². The summed E-state index contributed by atoms with van der Waals surface area (Å²) in [6, 6.07) is -0.0625. The number of nitrogens with zero attached hydrogens (tertiary/aromatic N) is 1. The molecule has 0 aromatic heterocycles. The molecule has 1 aliphatic rings. The molecule has 1 unspecified atom stereocenters. The van der Waals surface area contributed by atoms with Gasteiger partial charge in [0.25, 0.3) is 0 Å². The molecule has 0 bridgehead atoms. The summed E-state index contributed by atoms with van der Waals surface area (Å²) in [4.78, 5) is 14.3. The Bertz CT molecular complexity index is 301. The van der Waals surface area contributed by atoms with Crippen LogP contribution in [0.4, 0.5) is 0 Å². The van der Waals surface area contributed by atoms with Crippen molar-refractivity contribution >= 4 is 5.91 Å². The molecule has 4 N–H and O–H groups in total. The zero-order valence-corrected chi connectivity index (χ0v) is 11.7. The number of hydrogen-bond acceptors (Lipinski definition) is 4. The van der Waals surface area contributed by atoms with E-state index >= 15 is 0 Å². The van der Waals surface area contributed by atoms with Gasteiger partial charge in [-0.1, -0.05) is 13.8 Å². The molecular weight excluding hydrogens is 228 g/mol. The van der Waals surface area contributed by atoms with Crippen molar-refractivity contribution in [1.82, 2.24) is 15.5 Å². The molecule has 1 amide bonds. The van der Waals surface area contributed by atoms with Gasteiger partial charge in [0.05, 0.1) is 6.04 Å². The quantitative estimate of drug-likeness (QED) is 0.615. The molecule has 1 saturated heterocycles. The molecule has 1 fully saturated rings. The van der Waals surface area contributed by atoms with Gasteiger partial charge in [0, 0.05) is 32.0 Å². The first-order valence-corrected chi connectivity index (χ1v) is 6.56. The molecule has 0 aromatic rings. The Balaban J connectivity index is 2.58. The van der Waals surface area contributed by atoms with Crippen LogP contribution in [-0.2, 0) is 4.79 Å². The molecule has 1 atom stereocenters. The standard InChI is InChI=1S/C13H26N4O/c1-13(2)4-8-17(9-7-16-6-5-14)12(18)11(10-13)15-3/h5-6,11,15-16H,4,7-10,14H2,1-3H3/b6-5-. The number of carbonyl (C=O) groups excluding carboxylic acids is 1. The highest BCUT2D eigenvalue weighted by Gasteiger charge is 2.33. The second-order valence-corrected chi connectivity index (χ2v) is 5.60. The van der Waals surface area contributed by atoms with Gasteiger partial charge in [0.15, 0.2) is 0 Å². The fraction of sp³-hybridized carbons (Fsp3) is 0.769. The molecule has 0 aliphatic carbocycles. The molecular formula is C13H26N4O. The first kappa shape index (κ1) is 14.8. The third-order valence-corrected chi connectivity index (χ3v) is 3.51. The van der Waals surface area contributed by atoms with E-state index in [1.807, 2.05) is 11.9 Å². The third kappa shape index (κ3) is 4.22. The number of nitrogens with one attached hydrogen (secondary N) is 2. The lowest BCUT2D eigenvalue weighted by atomic mass is 9.83. The monoisotopic (exact) mass is 254 g/mol. The molecule has 18 heavy (non-hydrogen) atoms. The van der Waals surface area contributed by atoms with Crippen molar-refractivity contribution in [1.29, 1.82) is 0 Å². The van der Waals surface area contributed by atoms with Gasteiger partial charge < -0.3 is 21.3 Å². The van der Waals surface area contributed by atoms with Gasteiger partial charge in [-0.15, -0.1) is 0 Å². The topological polar surface area (TPSA) is 70.4 Å². The van der Waals surface area contributed by atoms with Gasteiger partial charge in [0.2, 0.25) is 5.91 Å². The van der Waals surface area contributed by atoms with Crippen molar-refractivity contribution in [3.05, 3.63) is 12.4 Å². The molecule has 1 rings (SSSR count). The number of likely N-dealkylation sites (N-methyl/N-ethyl adjacent to an activating group) is 1. The summed E-state index contributed by atoms with van der Waals surface area (Å²) >= 11 is 0. The highest BCUT2D eigenvalue weighted by molar-refractivity contribution is 5.82. The van der Waals surface area contributed by atoms with Gasteiger partial charge in [-0.25, -0.2) is 0 Å². The summed E-state index contributed by atoms with van der Waals surface area (Å²) in [6.07, 6.45) is 5.10. The van der Waals surface area contributed by atoms with Crippen LogP contribution in [0.3, 0.4) is 0 Å². The van der Waals surface area contributed by atoms with Crippen LogP contribution in [0.25, 0.3) is 0 Å². The SMILES string of the molecule is CNC1CC(C)(C)CCN(CCN/C=C\N)C1=O. The zero-order valence-electron chi connectivity index (χ0n) is 11.7. The van der Waals surface area contributed by atoms with Crippen LogP contribution in [0.15, 0.2) is 12.4 Å². The predicted molar refractivity (Wildman–Crippen MR) is 73.8 cm³/mol. The van der Waals surface area contributed by atoms with Crippen LogP contribution in [0.2, 0.25) is 0 Å². The molecule has 1 heterocycles. The summed E-state index contributed by atoms with van der Waals surface area (Å²) in [5, 5.41) is 6.19. The van der Waals surface area contributed by atoms with Crippen molar-refractivity contribution in [3.63, 3.8) is 0 Å². The third-order valence-electron chi connectivity index (χ3n) is 3.51. The van der Waals surface area contributed by atoms with Crippen LogP contribution in [-0.4, -0.2) is 43.5 Å². The van der Waals surface area contributed by atoms with Crippen LogP contribution in [0, 0.1) is 5.41 Å². The molecule has 1 aliphatic heterocycles. The average Bonchev–Trinajstić information content (AvgIpc) is 2.44. The molecule has 0 saturated carbocycles. The lowest BCUT2D eigenvalue weighted by molar-refractivity contribution is -0.132. The summed E-state index contributed by atoms with van der Waals surface area (Å²) in [5.41, 5.74) is 5.46. The Morgan fingerprint density at radius 2 is 2.28 bits per heavy atom. The van der Waals surface area contributed by atoms with Gasteiger partial charge in [-0.2, -0.15) is 0 Å². The van der Waals surface area contributed by atoms with Gasteiger partial charge in [-0.3, -0.25) is 4.79 Å². The largest absolute Gasteiger partial charge is 0.403 e.